The van der Waals surface area contributed by atoms with Gasteiger partial charge in [0.15, 0.2) is 0 Å². The molecule has 2 atom stereocenters. The first-order chi connectivity index (χ1) is 11.8. The minimum Gasteiger partial charge on any atom is -0.497 e. The molecule has 0 spiro atoms. The highest BCUT2D eigenvalue weighted by atomic mass is 16.5. The van der Waals surface area contributed by atoms with Crippen molar-refractivity contribution in [3.8, 4) is 17.1 Å². The van der Waals surface area contributed by atoms with Gasteiger partial charge in [-0.3, -0.25) is 0 Å². The predicted octanol–water partition coefficient (Wildman–Crippen LogP) is 4.39. The molecule has 1 N–H and O–H groups in total. The average molecular weight is 320 g/mol. The van der Waals surface area contributed by atoms with E-state index in [-0.39, 0.29) is 5.92 Å². The lowest BCUT2D eigenvalue weighted by atomic mass is 9.77. The van der Waals surface area contributed by atoms with Gasteiger partial charge in [0, 0.05) is 17.0 Å². The normalized spacial score (nSPS) is 19.8. The van der Waals surface area contributed by atoms with Crippen molar-refractivity contribution >= 4 is 0 Å². The van der Waals surface area contributed by atoms with Crippen LogP contribution < -0.4 is 4.74 Å². The molecule has 0 bridgehead atoms. The quantitative estimate of drug-likeness (QED) is 0.778. The third-order valence-corrected chi connectivity index (χ3v) is 4.83. The summed E-state index contributed by atoms with van der Waals surface area (Å²) in [6.45, 7) is 0. The van der Waals surface area contributed by atoms with E-state index in [2.05, 4.69) is 0 Å². The van der Waals surface area contributed by atoms with E-state index in [1.54, 1.807) is 7.11 Å². The van der Waals surface area contributed by atoms with Crippen molar-refractivity contribution in [1.29, 1.82) is 0 Å². The van der Waals surface area contributed by atoms with E-state index >= 15 is 0 Å². The van der Waals surface area contributed by atoms with Crippen LogP contribution in [0.2, 0.25) is 0 Å². The van der Waals surface area contributed by atoms with E-state index in [1.807, 2.05) is 60.9 Å². The number of fused-ring (bicyclic) bond motifs is 1. The van der Waals surface area contributed by atoms with E-state index in [0.717, 1.165) is 41.0 Å². The Bertz CT molecular complexity index is 818. The van der Waals surface area contributed by atoms with E-state index in [9.17, 15) is 5.11 Å². The fourth-order valence-corrected chi connectivity index (χ4v) is 3.61. The van der Waals surface area contributed by atoms with Gasteiger partial charge in [-0.25, -0.2) is 0 Å². The standard InChI is InChI=1S/C21H20O3/c1-23-17-10-7-14(8-11-17)19-18(22)12-9-16-13-24-21(20(16)19)15-5-3-2-4-6-15/h2-8,10-11,13,18-19,22H,9,12H2,1H3/t18-,19+/m1/s1. The van der Waals surface area contributed by atoms with Gasteiger partial charge >= 0.3 is 0 Å². The summed E-state index contributed by atoms with van der Waals surface area (Å²) in [4.78, 5) is 0. The lowest BCUT2D eigenvalue weighted by Gasteiger charge is -2.29. The van der Waals surface area contributed by atoms with Gasteiger partial charge in [0.2, 0.25) is 0 Å². The Hall–Kier alpha value is -2.52. The molecule has 1 aliphatic rings. The lowest BCUT2D eigenvalue weighted by molar-refractivity contribution is 0.140. The van der Waals surface area contributed by atoms with Crippen molar-refractivity contribution in [3.63, 3.8) is 0 Å². The Kier molecular flexibility index (Phi) is 3.87. The zero-order valence-electron chi connectivity index (χ0n) is 13.6. The molecule has 0 fully saturated rings. The van der Waals surface area contributed by atoms with Gasteiger partial charge < -0.3 is 14.3 Å². The number of benzene rings is 2. The summed E-state index contributed by atoms with van der Waals surface area (Å²) in [7, 11) is 1.66. The van der Waals surface area contributed by atoms with E-state index in [1.165, 1.54) is 5.56 Å². The molecule has 0 radical (unpaired) electrons. The Morgan fingerprint density at radius 1 is 1.04 bits per heavy atom. The van der Waals surface area contributed by atoms with Gasteiger partial charge in [-0.15, -0.1) is 0 Å². The lowest BCUT2D eigenvalue weighted by Crippen LogP contribution is -2.25. The van der Waals surface area contributed by atoms with Crippen molar-refractivity contribution in [3.05, 3.63) is 77.6 Å². The number of aliphatic hydroxyl groups excluding tert-OH is 1. The Morgan fingerprint density at radius 3 is 2.50 bits per heavy atom. The second kappa shape index (κ2) is 6.17. The molecule has 2 aromatic carbocycles. The summed E-state index contributed by atoms with van der Waals surface area (Å²) < 4.78 is 11.2. The summed E-state index contributed by atoms with van der Waals surface area (Å²) in [6, 6.07) is 18.0. The number of hydrogen-bond acceptors (Lipinski definition) is 3. The van der Waals surface area contributed by atoms with Crippen LogP contribution in [0, 0.1) is 0 Å². The molecule has 1 aromatic heterocycles. The van der Waals surface area contributed by atoms with Crippen LogP contribution in [0.3, 0.4) is 0 Å². The second-order valence-electron chi connectivity index (χ2n) is 6.23. The topological polar surface area (TPSA) is 42.6 Å². The summed E-state index contributed by atoms with van der Waals surface area (Å²) in [5, 5.41) is 10.7. The molecule has 0 amide bonds. The molecule has 122 valence electrons. The highest BCUT2D eigenvalue weighted by Crippen LogP contribution is 2.43. The molecule has 3 aromatic rings. The molecule has 1 heterocycles. The van der Waals surface area contributed by atoms with Gasteiger partial charge in [-0.05, 0) is 36.1 Å². The van der Waals surface area contributed by atoms with Gasteiger partial charge in [0.1, 0.15) is 11.5 Å². The van der Waals surface area contributed by atoms with Crippen molar-refractivity contribution in [2.45, 2.75) is 24.9 Å². The average Bonchev–Trinajstić information content (AvgIpc) is 3.06. The van der Waals surface area contributed by atoms with Crippen LogP contribution in [0.1, 0.15) is 29.0 Å². The molecule has 24 heavy (non-hydrogen) atoms. The molecule has 0 unspecified atom stereocenters. The number of rotatable bonds is 3. The second-order valence-corrected chi connectivity index (χ2v) is 6.23. The monoisotopic (exact) mass is 320 g/mol. The highest BCUT2D eigenvalue weighted by molar-refractivity contribution is 5.66. The predicted molar refractivity (Wildman–Crippen MR) is 93.3 cm³/mol. The molecular formula is C21H20O3. The summed E-state index contributed by atoms with van der Waals surface area (Å²) in [6.07, 6.45) is 3.03. The molecule has 3 heteroatoms. The van der Waals surface area contributed by atoms with Crippen molar-refractivity contribution in [2.24, 2.45) is 0 Å². The number of aryl methyl sites for hydroxylation is 1. The van der Waals surface area contributed by atoms with Crippen LogP contribution in [0.4, 0.5) is 0 Å². The SMILES string of the molecule is COc1ccc([C@@H]2c3c(coc3-c3ccccc3)CC[C@H]2O)cc1. The van der Waals surface area contributed by atoms with Crippen LogP contribution in [0.15, 0.2) is 65.3 Å². The van der Waals surface area contributed by atoms with Gasteiger partial charge in [0.05, 0.1) is 19.5 Å². The molecule has 3 nitrogen and oxygen atoms in total. The van der Waals surface area contributed by atoms with Crippen LogP contribution in [-0.2, 0) is 6.42 Å². The Labute approximate surface area is 141 Å². The maximum absolute atomic E-state index is 10.7. The smallest absolute Gasteiger partial charge is 0.138 e. The van der Waals surface area contributed by atoms with Crippen molar-refractivity contribution in [1.82, 2.24) is 0 Å². The van der Waals surface area contributed by atoms with E-state index < -0.39 is 6.10 Å². The van der Waals surface area contributed by atoms with Crippen LogP contribution in [0.5, 0.6) is 5.75 Å². The largest absolute Gasteiger partial charge is 0.497 e. The first-order valence-electron chi connectivity index (χ1n) is 8.25. The third-order valence-electron chi connectivity index (χ3n) is 4.83. The van der Waals surface area contributed by atoms with Crippen molar-refractivity contribution < 1.29 is 14.3 Å². The number of ether oxygens (including phenoxy) is 1. The fraction of sp³-hybridized carbons (Fsp3) is 0.238. The zero-order valence-corrected chi connectivity index (χ0v) is 13.6. The number of furan rings is 1. The zero-order chi connectivity index (χ0) is 16.5. The fourth-order valence-electron chi connectivity index (χ4n) is 3.61. The summed E-state index contributed by atoms with van der Waals surface area (Å²) in [5.41, 5.74) is 4.44. The molecule has 0 saturated carbocycles. The van der Waals surface area contributed by atoms with Crippen molar-refractivity contribution in [2.75, 3.05) is 7.11 Å². The maximum Gasteiger partial charge on any atom is 0.138 e. The van der Waals surface area contributed by atoms with Crippen LogP contribution in [-0.4, -0.2) is 18.3 Å². The Morgan fingerprint density at radius 2 is 1.79 bits per heavy atom. The first-order valence-corrected chi connectivity index (χ1v) is 8.25. The minimum atomic E-state index is -0.411. The molecule has 1 aliphatic carbocycles. The summed E-state index contributed by atoms with van der Waals surface area (Å²) in [5.74, 6) is 1.61. The Balaban J connectivity index is 1.83. The van der Waals surface area contributed by atoms with Crippen LogP contribution >= 0.6 is 0 Å². The van der Waals surface area contributed by atoms with Crippen LogP contribution in [0.25, 0.3) is 11.3 Å². The van der Waals surface area contributed by atoms with Gasteiger partial charge in [0.25, 0.3) is 0 Å². The molecule has 0 aliphatic heterocycles. The maximum atomic E-state index is 10.7. The third kappa shape index (κ3) is 2.51. The molecule has 4 rings (SSSR count). The first kappa shape index (κ1) is 15.0. The molecule has 0 saturated heterocycles. The number of methoxy groups -OCH3 is 1. The van der Waals surface area contributed by atoms with E-state index in [0.29, 0.717) is 0 Å². The van der Waals surface area contributed by atoms with Gasteiger partial charge in [-0.2, -0.15) is 0 Å². The highest BCUT2D eigenvalue weighted by Gasteiger charge is 2.34. The number of hydrogen-bond donors (Lipinski definition) is 1. The number of aliphatic hydroxyl groups is 1. The summed E-state index contributed by atoms with van der Waals surface area (Å²) >= 11 is 0. The molecular weight excluding hydrogens is 300 g/mol. The minimum absolute atomic E-state index is 0.0754. The van der Waals surface area contributed by atoms with Gasteiger partial charge in [-0.1, -0.05) is 42.5 Å². The van der Waals surface area contributed by atoms with E-state index in [4.69, 9.17) is 9.15 Å².